The van der Waals surface area contributed by atoms with E-state index in [0.29, 0.717) is 18.1 Å². The summed E-state index contributed by atoms with van der Waals surface area (Å²) in [6, 6.07) is 9.56. The Labute approximate surface area is 134 Å². The van der Waals surface area contributed by atoms with E-state index in [1.807, 2.05) is 31.2 Å². The highest BCUT2D eigenvalue weighted by molar-refractivity contribution is 5.95. The van der Waals surface area contributed by atoms with E-state index in [0.717, 1.165) is 24.0 Å². The fraction of sp³-hybridized carbons (Fsp3) is 0.632. The lowest BCUT2D eigenvalue weighted by Gasteiger charge is -2.49. The van der Waals surface area contributed by atoms with Gasteiger partial charge in [0.25, 0.3) is 5.91 Å². The van der Waals surface area contributed by atoms with Crippen molar-refractivity contribution in [1.82, 2.24) is 10.2 Å². The van der Waals surface area contributed by atoms with Crippen molar-refractivity contribution in [2.75, 3.05) is 6.54 Å². The van der Waals surface area contributed by atoms with Gasteiger partial charge in [-0.05, 0) is 57.2 Å². The molecule has 0 radical (unpaired) electrons. The summed E-state index contributed by atoms with van der Waals surface area (Å²) >= 11 is 0. The molecule has 3 nitrogen and oxygen atoms in total. The number of hydrogen-bond acceptors (Lipinski definition) is 2. The molecular formula is C19H28N2O. The van der Waals surface area contributed by atoms with Crippen molar-refractivity contribution in [1.29, 1.82) is 0 Å². The van der Waals surface area contributed by atoms with Gasteiger partial charge in [-0.1, -0.05) is 31.5 Å². The van der Waals surface area contributed by atoms with Crippen molar-refractivity contribution in [2.45, 2.75) is 70.5 Å². The highest BCUT2D eigenvalue weighted by Crippen LogP contribution is 2.34. The third kappa shape index (κ3) is 3.19. The summed E-state index contributed by atoms with van der Waals surface area (Å²) in [4.78, 5) is 15.2. The molecule has 22 heavy (non-hydrogen) atoms. The largest absolute Gasteiger partial charge is 0.349 e. The zero-order chi connectivity index (χ0) is 15.5. The number of aryl methyl sites for hydroxylation is 1. The Morgan fingerprint density at radius 1 is 1.23 bits per heavy atom. The molecule has 1 aromatic rings. The van der Waals surface area contributed by atoms with Gasteiger partial charge in [-0.15, -0.1) is 0 Å². The van der Waals surface area contributed by atoms with Crippen LogP contribution in [0.1, 0.15) is 61.4 Å². The van der Waals surface area contributed by atoms with Crippen LogP contribution in [-0.2, 0) is 0 Å². The van der Waals surface area contributed by atoms with Crippen LogP contribution in [0.4, 0.5) is 0 Å². The molecule has 2 aliphatic rings. The van der Waals surface area contributed by atoms with Gasteiger partial charge in [0, 0.05) is 23.7 Å². The first-order chi connectivity index (χ1) is 10.7. The van der Waals surface area contributed by atoms with Gasteiger partial charge in [-0.25, -0.2) is 0 Å². The fourth-order valence-electron chi connectivity index (χ4n) is 4.31. The maximum absolute atomic E-state index is 12.5. The quantitative estimate of drug-likeness (QED) is 0.922. The molecule has 1 amide bonds. The number of piperidine rings is 2. The number of rotatable bonds is 4. The Balaban J connectivity index is 1.65. The highest BCUT2D eigenvalue weighted by Gasteiger charge is 2.38. The smallest absolute Gasteiger partial charge is 0.251 e. The SMILES string of the molecule is CCCN1[C@@H]2CCC[C@H]1CC(NC(=O)c1ccccc1C)C2. The van der Waals surface area contributed by atoms with Crippen LogP contribution in [0.15, 0.2) is 24.3 Å². The Morgan fingerprint density at radius 2 is 1.91 bits per heavy atom. The number of carbonyl (C=O) groups excluding carboxylic acids is 1. The molecule has 120 valence electrons. The Kier molecular flexibility index (Phi) is 4.82. The van der Waals surface area contributed by atoms with Crippen molar-refractivity contribution in [2.24, 2.45) is 0 Å². The van der Waals surface area contributed by atoms with Crippen molar-refractivity contribution in [3.05, 3.63) is 35.4 Å². The van der Waals surface area contributed by atoms with E-state index in [1.165, 1.54) is 32.2 Å². The van der Waals surface area contributed by atoms with E-state index in [-0.39, 0.29) is 5.91 Å². The molecule has 0 spiro atoms. The number of fused-ring (bicyclic) bond motifs is 2. The topological polar surface area (TPSA) is 32.3 Å². The highest BCUT2D eigenvalue weighted by atomic mass is 16.1. The number of hydrogen-bond donors (Lipinski definition) is 1. The molecule has 2 saturated heterocycles. The predicted octanol–water partition coefficient (Wildman–Crippen LogP) is 3.52. The van der Waals surface area contributed by atoms with Crippen LogP contribution in [0.3, 0.4) is 0 Å². The Hall–Kier alpha value is -1.35. The Bertz CT molecular complexity index is 514. The molecule has 3 heteroatoms. The zero-order valence-corrected chi connectivity index (χ0v) is 13.8. The van der Waals surface area contributed by atoms with Gasteiger partial charge in [0.05, 0.1) is 0 Å². The van der Waals surface area contributed by atoms with Gasteiger partial charge in [0.2, 0.25) is 0 Å². The second kappa shape index (κ2) is 6.82. The van der Waals surface area contributed by atoms with E-state index >= 15 is 0 Å². The average Bonchev–Trinajstić information content (AvgIpc) is 2.48. The second-order valence-electron chi connectivity index (χ2n) is 6.93. The second-order valence-corrected chi connectivity index (χ2v) is 6.93. The van der Waals surface area contributed by atoms with Crippen LogP contribution < -0.4 is 5.32 Å². The number of nitrogens with one attached hydrogen (secondary N) is 1. The van der Waals surface area contributed by atoms with Gasteiger partial charge >= 0.3 is 0 Å². The first kappa shape index (κ1) is 15.5. The summed E-state index contributed by atoms with van der Waals surface area (Å²) in [7, 11) is 0. The maximum Gasteiger partial charge on any atom is 0.251 e. The lowest BCUT2D eigenvalue weighted by molar-refractivity contribution is 0.0245. The Morgan fingerprint density at radius 3 is 2.55 bits per heavy atom. The molecule has 2 fully saturated rings. The van der Waals surface area contributed by atoms with Gasteiger partial charge in [0.15, 0.2) is 0 Å². The van der Waals surface area contributed by atoms with Gasteiger partial charge in [0.1, 0.15) is 0 Å². The molecule has 0 aromatic heterocycles. The number of benzene rings is 1. The summed E-state index contributed by atoms with van der Waals surface area (Å²) in [6.07, 6.45) is 7.42. The number of nitrogens with zero attached hydrogens (tertiary/aromatic N) is 1. The molecule has 2 heterocycles. The van der Waals surface area contributed by atoms with Crippen molar-refractivity contribution >= 4 is 5.91 Å². The minimum absolute atomic E-state index is 0.102. The molecule has 2 bridgehead atoms. The first-order valence-electron chi connectivity index (χ1n) is 8.81. The number of amides is 1. The molecular weight excluding hydrogens is 272 g/mol. The average molecular weight is 300 g/mol. The summed E-state index contributed by atoms with van der Waals surface area (Å²) < 4.78 is 0. The summed E-state index contributed by atoms with van der Waals surface area (Å²) in [6.45, 7) is 5.49. The lowest BCUT2D eigenvalue weighted by atomic mass is 9.81. The van der Waals surface area contributed by atoms with Crippen molar-refractivity contribution in [3.63, 3.8) is 0 Å². The normalized spacial score (nSPS) is 28.4. The molecule has 3 atom stereocenters. The van der Waals surface area contributed by atoms with Crippen molar-refractivity contribution < 1.29 is 4.79 Å². The predicted molar refractivity (Wildman–Crippen MR) is 90.1 cm³/mol. The lowest BCUT2D eigenvalue weighted by Crippen LogP contribution is -2.57. The van der Waals surface area contributed by atoms with Gasteiger partial charge in [-0.3, -0.25) is 9.69 Å². The van der Waals surface area contributed by atoms with Crippen LogP contribution in [0.2, 0.25) is 0 Å². The van der Waals surface area contributed by atoms with Crippen LogP contribution in [0.5, 0.6) is 0 Å². The zero-order valence-electron chi connectivity index (χ0n) is 13.8. The molecule has 1 N–H and O–H groups in total. The van der Waals surface area contributed by atoms with Gasteiger partial charge < -0.3 is 5.32 Å². The van der Waals surface area contributed by atoms with Crippen LogP contribution in [0, 0.1) is 6.92 Å². The number of carbonyl (C=O) groups is 1. The summed E-state index contributed by atoms with van der Waals surface area (Å²) in [5.41, 5.74) is 1.88. The third-order valence-electron chi connectivity index (χ3n) is 5.33. The molecule has 1 aromatic carbocycles. The van der Waals surface area contributed by atoms with Crippen molar-refractivity contribution in [3.8, 4) is 0 Å². The van der Waals surface area contributed by atoms with Crippen LogP contribution in [-0.4, -0.2) is 35.5 Å². The van der Waals surface area contributed by atoms with E-state index < -0.39 is 0 Å². The minimum Gasteiger partial charge on any atom is -0.349 e. The molecule has 3 rings (SSSR count). The van der Waals surface area contributed by atoms with E-state index in [9.17, 15) is 4.79 Å². The summed E-state index contributed by atoms with van der Waals surface area (Å²) in [5, 5.41) is 3.30. The monoisotopic (exact) mass is 300 g/mol. The molecule has 1 unspecified atom stereocenters. The standard InChI is InChI=1S/C19H28N2O/c1-3-11-21-16-8-6-9-17(21)13-15(12-16)20-19(22)18-10-5-4-7-14(18)2/h4-5,7,10,15-17H,3,6,8-9,11-13H2,1-2H3,(H,20,22)/t15?,16-,17+. The van der Waals surface area contributed by atoms with Crippen LogP contribution in [0.25, 0.3) is 0 Å². The van der Waals surface area contributed by atoms with E-state index in [2.05, 4.69) is 17.1 Å². The maximum atomic E-state index is 12.5. The first-order valence-corrected chi connectivity index (χ1v) is 8.81. The molecule has 2 aliphatic heterocycles. The van der Waals surface area contributed by atoms with Gasteiger partial charge in [-0.2, -0.15) is 0 Å². The molecule has 0 saturated carbocycles. The van der Waals surface area contributed by atoms with Crippen LogP contribution >= 0.6 is 0 Å². The third-order valence-corrected chi connectivity index (χ3v) is 5.33. The fourth-order valence-corrected chi connectivity index (χ4v) is 4.31. The van der Waals surface area contributed by atoms with E-state index in [4.69, 9.17) is 0 Å². The molecule has 0 aliphatic carbocycles. The summed E-state index contributed by atoms with van der Waals surface area (Å²) in [5.74, 6) is 0.102. The van der Waals surface area contributed by atoms with E-state index in [1.54, 1.807) is 0 Å². The minimum atomic E-state index is 0.102.